The third-order valence-corrected chi connectivity index (χ3v) is 2.31. The molecule has 0 bridgehead atoms. The minimum Gasteiger partial charge on any atom is -0.495 e. The molecule has 72 valence electrons. The van der Waals surface area contributed by atoms with Gasteiger partial charge in [-0.15, -0.1) is 0 Å². The summed E-state index contributed by atoms with van der Waals surface area (Å²) in [4.78, 5) is 17.9. The first-order valence-electron chi connectivity index (χ1n) is 3.94. The molecule has 0 saturated heterocycles. The lowest BCUT2D eigenvalue weighted by Crippen LogP contribution is -2.07. The molecule has 0 aliphatic rings. The number of aromatic nitrogens is 2. The molecule has 0 spiro atoms. The summed E-state index contributed by atoms with van der Waals surface area (Å²) in [5.74, 6) is 0.470. The summed E-state index contributed by atoms with van der Waals surface area (Å²) in [6.07, 6.45) is 1.34. The molecule has 2 aromatic rings. The summed E-state index contributed by atoms with van der Waals surface area (Å²) in [5.41, 5.74) is 0.290. The number of fused-ring (bicyclic) bond motifs is 1. The standard InChI is InChI=1S/C9H7ClN2O2/c1-14-6-3-2-5-7(8(6)10)9(13)12-4-11-5/h2-4H,1H3,(H,11,12,13). The van der Waals surface area contributed by atoms with Gasteiger partial charge in [0.15, 0.2) is 0 Å². The number of methoxy groups -OCH3 is 1. The second-order valence-electron chi connectivity index (χ2n) is 2.71. The molecule has 1 N–H and O–H groups in total. The molecule has 0 saturated carbocycles. The van der Waals surface area contributed by atoms with Gasteiger partial charge in [0.1, 0.15) is 5.75 Å². The summed E-state index contributed by atoms with van der Waals surface area (Å²) in [6, 6.07) is 3.37. The number of ether oxygens (including phenoxy) is 1. The van der Waals surface area contributed by atoms with Gasteiger partial charge in [-0.1, -0.05) is 11.6 Å². The third kappa shape index (κ3) is 1.24. The van der Waals surface area contributed by atoms with Crippen molar-refractivity contribution >= 4 is 22.5 Å². The Bertz CT molecular complexity index is 536. The van der Waals surface area contributed by atoms with Crippen LogP contribution in [0.2, 0.25) is 5.02 Å². The van der Waals surface area contributed by atoms with Gasteiger partial charge in [0.25, 0.3) is 5.56 Å². The highest BCUT2D eigenvalue weighted by Crippen LogP contribution is 2.28. The first-order valence-corrected chi connectivity index (χ1v) is 4.31. The van der Waals surface area contributed by atoms with Gasteiger partial charge in [-0.05, 0) is 12.1 Å². The number of rotatable bonds is 1. The van der Waals surface area contributed by atoms with Crippen molar-refractivity contribution in [3.8, 4) is 5.75 Å². The number of hydrogen-bond acceptors (Lipinski definition) is 3. The molecule has 2 rings (SSSR count). The molecule has 14 heavy (non-hydrogen) atoms. The fraction of sp³-hybridized carbons (Fsp3) is 0.111. The van der Waals surface area contributed by atoms with E-state index in [2.05, 4.69) is 9.97 Å². The van der Waals surface area contributed by atoms with E-state index in [-0.39, 0.29) is 5.56 Å². The Morgan fingerprint density at radius 3 is 3.00 bits per heavy atom. The van der Waals surface area contributed by atoms with Gasteiger partial charge in [0.2, 0.25) is 0 Å². The molecule has 0 amide bonds. The van der Waals surface area contributed by atoms with Crippen molar-refractivity contribution in [2.75, 3.05) is 7.11 Å². The van der Waals surface area contributed by atoms with Gasteiger partial charge in [0.05, 0.1) is 29.4 Å². The van der Waals surface area contributed by atoms with E-state index in [9.17, 15) is 4.79 Å². The number of nitrogens with one attached hydrogen (secondary N) is 1. The molecule has 4 nitrogen and oxygen atoms in total. The highest BCUT2D eigenvalue weighted by molar-refractivity contribution is 6.36. The van der Waals surface area contributed by atoms with Crippen molar-refractivity contribution in [2.45, 2.75) is 0 Å². The zero-order valence-corrected chi connectivity index (χ0v) is 8.13. The maximum Gasteiger partial charge on any atom is 0.260 e. The minimum absolute atomic E-state index is 0.265. The third-order valence-electron chi connectivity index (χ3n) is 1.93. The van der Waals surface area contributed by atoms with Crippen molar-refractivity contribution in [3.63, 3.8) is 0 Å². The van der Waals surface area contributed by atoms with Crippen LogP contribution in [0, 0.1) is 0 Å². The van der Waals surface area contributed by atoms with Crippen LogP contribution in [-0.2, 0) is 0 Å². The van der Waals surface area contributed by atoms with Gasteiger partial charge in [-0.3, -0.25) is 4.79 Å². The minimum atomic E-state index is -0.265. The molecular weight excluding hydrogens is 204 g/mol. The van der Waals surface area contributed by atoms with E-state index in [0.717, 1.165) is 0 Å². The van der Waals surface area contributed by atoms with Crippen LogP contribution in [0.3, 0.4) is 0 Å². The topological polar surface area (TPSA) is 55.0 Å². The van der Waals surface area contributed by atoms with Gasteiger partial charge >= 0.3 is 0 Å². The number of H-pyrrole nitrogens is 1. The Hall–Kier alpha value is -1.55. The molecule has 5 heteroatoms. The Balaban J connectivity index is 2.94. The number of hydrogen-bond donors (Lipinski definition) is 1. The normalized spacial score (nSPS) is 10.4. The lowest BCUT2D eigenvalue weighted by Gasteiger charge is -2.04. The summed E-state index contributed by atoms with van der Waals surface area (Å²) in [6.45, 7) is 0. The van der Waals surface area contributed by atoms with Crippen LogP contribution in [0.4, 0.5) is 0 Å². The van der Waals surface area contributed by atoms with E-state index in [1.54, 1.807) is 12.1 Å². The lowest BCUT2D eigenvalue weighted by molar-refractivity contribution is 0.415. The van der Waals surface area contributed by atoms with E-state index in [1.165, 1.54) is 13.4 Å². The fourth-order valence-corrected chi connectivity index (χ4v) is 1.58. The SMILES string of the molecule is COc1ccc2nc[nH]c(=O)c2c1Cl. The van der Waals surface area contributed by atoms with Gasteiger partial charge in [-0.25, -0.2) is 4.98 Å². The molecule has 0 aliphatic heterocycles. The monoisotopic (exact) mass is 210 g/mol. The maximum absolute atomic E-state index is 11.4. The average molecular weight is 211 g/mol. The second-order valence-corrected chi connectivity index (χ2v) is 3.09. The van der Waals surface area contributed by atoms with Gasteiger partial charge in [-0.2, -0.15) is 0 Å². The largest absolute Gasteiger partial charge is 0.495 e. The molecule has 0 atom stereocenters. The molecular formula is C9H7ClN2O2. The predicted molar refractivity (Wildman–Crippen MR) is 53.9 cm³/mol. The van der Waals surface area contributed by atoms with Crippen LogP contribution in [0.5, 0.6) is 5.75 Å². The molecule has 0 aliphatic carbocycles. The van der Waals surface area contributed by atoms with Crippen molar-refractivity contribution in [1.82, 2.24) is 9.97 Å². The molecule has 0 unspecified atom stereocenters. The van der Waals surface area contributed by atoms with Crippen LogP contribution in [0.15, 0.2) is 23.3 Å². The lowest BCUT2D eigenvalue weighted by atomic mass is 10.2. The molecule has 1 aromatic heterocycles. The second kappa shape index (κ2) is 3.31. The van der Waals surface area contributed by atoms with Crippen molar-refractivity contribution in [1.29, 1.82) is 0 Å². The summed E-state index contributed by atoms with van der Waals surface area (Å²) in [5, 5.41) is 0.646. The molecule has 0 fully saturated rings. The fourth-order valence-electron chi connectivity index (χ4n) is 1.26. The van der Waals surface area contributed by atoms with E-state index >= 15 is 0 Å². The Morgan fingerprint density at radius 1 is 1.50 bits per heavy atom. The van der Waals surface area contributed by atoms with E-state index in [1.807, 2.05) is 0 Å². The zero-order valence-electron chi connectivity index (χ0n) is 7.37. The number of halogens is 1. The van der Waals surface area contributed by atoms with Crippen LogP contribution in [0.1, 0.15) is 0 Å². The maximum atomic E-state index is 11.4. The Labute approximate surface area is 84.5 Å². The summed E-state index contributed by atoms with van der Waals surface area (Å²) >= 11 is 5.96. The van der Waals surface area contributed by atoms with Crippen molar-refractivity contribution in [3.05, 3.63) is 33.8 Å². The Kier molecular flexibility index (Phi) is 2.13. The van der Waals surface area contributed by atoms with Crippen molar-refractivity contribution in [2.24, 2.45) is 0 Å². The van der Waals surface area contributed by atoms with Crippen LogP contribution in [-0.4, -0.2) is 17.1 Å². The Morgan fingerprint density at radius 2 is 2.29 bits per heavy atom. The van der Waals surface area contributed by atoms with Crippen LogP contribution in [0.25, 0.3) is 10.9 Å². The van der Waals surface area contributed by atoms with E-state index in [0.29, 0.717) is 21.7 Å². The van der Waals surface area contributed by atoms with Crippen molar-refractivity contribution < 1.29 is 4.74 Å². The van der Waals surface area contributed by atoms with E-state index in [4.69, 9.17) is 16.3 Å². The van der Waals surface area contributed by atoms with Gasteiger partial charge < -0.3 is 9.72 Å². The quantitative estimate of drug-likeness (QED) is 0.778. The van der Waals surface area contributed by atoms with Gasteiger partial charge in [0, 0.05) is 0 Å². The van der Waals surface area contributed by atoms with Crippen LogP contribution < -0.4 is 10.3 Å². The van der Waals surface area contributed by atoms with Crippen LogP contribution >= 0.6 is 11.6 Å². The molecule has 1 aromatic carbocycles. The highest BCUT2D eigenvalue weighted by Gasteiger charge is 2.09. The zero-order chi connectivity index (χ0) is 10.1. The number of aromatic amines is 1. The molecule has 1 heterocycles. The number of nitrogens with zero attached hydrogens (tertiary/aromatic N) is 1. The predicted octanol–water partition coefficient (Wildman–Crippen LogP) is 1.59. The first kappa shape index (κ1) is 9.02. The first-order chi connectivity index (χ1) is 6.74. The number of benzene rings is 1. The average Bonchev–Trinajstić information content (AvgIpc) is 2.18. The smallest absolute Gasteiger partial charge is 0.260 e. The highest BCUT2D eigenvalue weighted by atomic mass is 35.5. The summed E-state index contributed by atoms with van der Waals surface area (Å²) in [7, 11) is 1.50. The summed E-state index contributed by atoms with van der Waals surface area (Å²) < 4.78 is 5.00. The van der Waals surface area contributed by atoms with E-state index < -0.39 is 0 Å². The molecule has 0 radical (unpaired) electrons.